The average Bonchev–Trinajstić information content (AvgIpc) is 2.50. The second-order valence-corrected chi connectivity index (χ2v) is 4.59. The summed E-state index contributed by atoms with van der Waals surface area (Å²) in [5, 5.41) is 6.26. The molecule has 1 aliphatic rings. The molecule has 0 bridgehead atoms. The van der Waals surface area contributed by atoms with Gasteiger partial charge in [-0.2, -0.15) is 5.10 Å². The standard InChI is InChI=1S/C10H14BrN3O/c11-9-8(7-12-13-10(9)15)14-5-3-1-2-4-6-14/h7H,1-6H2,(H,13,15). The van der Waals surface area contributed by atoms with Crippen LogP contribution in [0.2, 0.25) is 0 Å². The van der Waals surface area contributed by atoms with E-state index < -0.39 is 0 Å². The van der Waals surface area contributed by atoms with Crippen LogP contribution in [-0.4, -0.2) is 23.3 Å². The van der Waals surface area contributed by atoms with Gasteiger partial charge in [0.1, 0.15) is 4.47 Å². The van der Waals surface area contributed by atoms with Gasteiger partial charge in [-0.05, 0) is 28.8 Å². The molecular formula is C10H14BrN3O. The van der Waals surface area contributed by atoms with Crippen LogP contribution in [0.4, 0.5) is 5.69 Å². The summed E-state index contributed by atoms with van der Waals surface area (Å²) in [6, 6.07) is 0. The third-order valence-corrected chi connectivity index (χ3v) is 3.49. The van der Waals surface area contributed by atoms with Crippen molar-refractivity contribution in [1.82, 2.24) is 10.2 Å². The minimum atomic E-state index is -0.156. The Morgan fingerprint density at radius 2 is 1.93 bits per heavy atom. The zero-order valence-corrected chi connectivity index (χ0v) is 10.1. The number of H-pyrrole nitrogens is 1. The number of anilines is 1. The number of nitrogens with zero attached hydrogens (tertiary/aromatic N) is 2. The maximum atomic E-state index is 11.4. The van der Waals surface area contributed by atoms with E-state index in [0.29, 0.717) is 4.47 Å². The van der Waals surface area contributed by atoms with Crippen molar-refractivity contribution in [3.05, 3.63) is 21.0 Å². The Balaban J connectivity index is 2.27. The first-order valence-corrected chi connectivity index (χ1v) is 6.06. The van der Waals surface area contributed by atoms with Crippen molar-refractivity contribution in [1.29, 1.82) is 0 Å². The Morgan fingerprint density at radius 1 is 1.27 bits per heavy atom. The summed E-state index contributed by atoms with van der Waals surface area (Å²) in [6.07, 6.45) is 6.67. The van der Waals surface area contributed by atoms with Crippen LogP contribution >= 0.6 is 15.9 Å². The van der Waals surface area contributed by atoms with Crippen LogP contribution in [0, 0.1) is 0 Å². The van der Waals surface area contributed by atoms with E-state index in [-0.39, 0.29) is 5.56 Å². The summed E-state index contributed by atoms with van der Waals surface area (Å²) >= 11 is 3.32. The van der Waals surface area contributed by atoms with Crippen molar-refractivity contribution in [3.8, 4) is 0 Å². The first-order chi connectivity index (χ1) is 7.29. The van der Waals surface area contributed by atoms with E-state index in [1.807, 2.05) is 0 Å². The SMILES string of the molecule is O=c1[nH]ncc(N2CCCCCC2)c1Br. The molecule has 0 aromatic carbocycles. The van der Waals surface area contributed by atoms with Crippen molar-refractivity contribution < 1.29 is 0 Å². The average molecular weight is 272 g/mol. The molecule has 0 aliphatic carbocycles. The fourth-order valence-electron chi connectivity index (χ4n) is 1.91. The predicted octanol–water partition coefficient (Wildman–Crippen LogP) is 1.91. The van der Waals surface area contributed by atoms with Gasteiger partial charge in [0.05, 0.1) is 11.9 Å². The molecule has 0 amide bonds. The molecule has 0 spiro atoms. The fraction of sp³-hybridized carbons (Fsp3) is 0.600. The molecule has 0 atom stereocenters. The monoisotopic (exact) mass is 271 g/mol. The maximum Gasteiger partial charge on any atom is 0.280 e. The molecule has 15 heavy (non-hydrogen) atoms. The zero-order chi connectivity index (χ0) is 10.7. The van der Waals surface area contributed by atoms with E-state index in [4.69, 9.17) is 0 Å². The summed E-state index contributed by atoms with van der Waals surface area (Å²) in [4.78, 5) is 13.6. The fourth-order valence-corrected chi connectivity index (χ4v) is 2.35. The highest BCUT2D eigenvalue weighted by Crippen LogP contribution is 2.23. The summed E-state index contributed by atoms with van der Waals surface area (Å²) < 4.78 is 0.597. The van der Waals surface area contributed by atoms with Gasteiger partial charge in [-0.25, -0.2) is 5.10 Å². The van der Waals surface area contributed by atoms with Gasteiger partial charge in [-0.1, -0.05) is 12.8 Å². The third-order valence-electron chi connectivity index (χ3n) is 2.72. The van der Waals surface area contributed by atoms with E-state index in [9.17, 15) is 4.79 Å². The summed E-state index contributed by atoms with van der Waals surface area (Å²) in [5.41, 5.74) is 0.761. The molecule has 1 aromatic heterocycles. The van der Waals surface area contributed by atoms with Crippen LogP contribution in [0.5, 0.6) is 0 Å². The highest BCUT2D eigenvalue weighted by molar-refractivity contribution is 9.10. The molecule has 1 aliphatic heterocycles. The van der Waals surface area contributed by atoms with E-state index >= 15 is 0 Å². The smallest absolute Gasteiger partial charge is 0.280 e. The van der Waals surface area contributed by atoms with Crippen LogP contribution in [0.1, 0.15) is 25.7 Å². The van der Waals surface area contributed by atoms with Gasteiger partial charge < -0.3 is 4.90 Å². The number of halogens is 1. The lowest BCUT2D eigenvalue weighted by molar-refractivity contribution is 0.726. The number of hydrogen-bond donors (Lipinski definition) is 1. The molecule has 2 heterocycles. The Labute approximate surface area is 96.8 Å². The van der Waals surface area contributed by atoms with Gasteiger partial charge in [0, 0.05) is 13.1 Å². The second-order valence-electron chi connectivity index (χ2n) is 3.80. The van der Waals surface area contributed by atoms with Crippen molar-refractivity contribution in [2.24, 2.45) is 0 Å². The zero-order valence-electron chi connectivity index (χ0n) is 8.50. The Bertz CT molecular complexity index is 382. The first-order valence-electron chi connectivity index (χ1n) is 5.27. The summed E-state index contributed by atoms with van der Waals surface area (Å²) in [5.74, 6) is 0. The normalized spacial score (nSPS) is 17.5. The molecule has 1 N–H and O–H groups in total. The Morgan fingerprint density at radius 3 is 2.60 bits per heavy atom. The van der Waals surface area contributed by atoms with E-state index in [0.717, 1.165) is 18.8 Å². The van der Waals surface area contributed by atoms with Crippen molar-refractivity contribution in [2.75, 3.05) is 18.0 Å². The molecule has 1 aromatic rings. The number of rotatable bonds is 1. The lowest BCUT2D eigenvalue weighted by atomic mass is 10.2. The van der Waals surface area contributed by atoms with Crippen LogP contribution in [0.15, 0.2) is 15.5 Å². The van der Waals surface area contributed by atoms with Crippen LogP contribution in [-0.2, 0) is 0 Å². The molecule has 1 fully saturated rings. The van der Waals surface area contributed by atoms with Crippen molar-refractivity contribution in [2.45, 2.75) is 25.7 Å². The first kappa shape index (κ1) is 10.7. The van der Waals surface area contributed by atoms with Gasteiger partial charge in [0.2, 0.25) is 0 Å². The molecule has 0 radical (unpaired) electrons. The maximum absolute atomic E-state index is 11.4. The topological polar surface area (TPSA) is 49.0 Å². The minimum Gasteiger partial charge on any atom is -0.369 e. The molecule has 5 heteroatoms. The van der Waals surface area contributed by atoms with Crippen molar-refractivity contribution >= 4 is 21.6 Å². The quantitative estimate of drug-likeness (QED) is 0.849. The molecule has 4 nitrogen and oxygen atoms in total. The highest BCUT2D eigenvalue weighted by Gasteiger charge is 2.14. The Kier molecular flexibility index (Phi) is 3.41. The van der Waals surface area contributed by atoms with Crippen LogP contribution < -0.4 is 10.5 Å². The summed E-state index contributed by atoms with van der Waals surface area (Å²) in [7, 11) is 0. The third kappa shape index (κ3) is 2.40. The summed E-state index contributed by atoms with van der Waals surface area (Å²) in [6.45, 7) is 2.04. The van der Waals surface area contributed by atoms with E-state index in [1.54, 1.807) is 6.20 Å². The number of aromatic amines is 1. The molecular weight excluding hydrogens is 258 g/mol. The number of hydrogen-bond acceptors (Lipinski definition) is 3. The lowest BCUT2D eigenvalue weighted by Crippen LogP contribution is -2.26. The lowest BCUT2D eigenvalue weighted by Gasteiger charge is -2.22. The van der Waals surface area contributed by atoms with Gasteiger partial charge in [-0.3, -0.25) is 4.79 Å². The Hall–Kier alpha value is -0.840. The second kappa shape index (κ2) is 4.79. The van der Waals surface area contributed by atoms with Crippen LogP contribution in [0.3, 0.4) is 0 Å². The van der Waals surface area contributed by atoms with E-state index in [1.165, 1.54) is 25.7 Å². The molecule has 2 rings (SSSR count). The molecule has 0 unspecified atom stereocenters. The van der Waals surface area contributed by atoms with Gasteiger partial charge in [0.15, 0.2) is 0 Å². The number of aromatic nitrogens is 2. The molecule has 0 saturated carbocycles. The van der Waals surface area contributed by atoms with Crippen molar-refractivity contribution in [3.63, 3.8) is 0 Å². The number of nitrogens with one attached hydrogen (secondary N) is 1. The molecule has 1 saturated heterocycles. The van der Waals surface area contributed by atoms with Gasteiger partial charge in [0.25, 0.3) is 5.56 Å². The van der Waals surface area contributed by atoms with E-state index in [2.05, 4.69) is 31.0 Å². The largest absolute Gasteiger partial charge is 0.369 e. The molecule has 82 valence electrons. The van der Waals surface area contributed by atoms with Gasteiger partial charge in [-0.15, -0.1) is 0 Å². The highest BCUT2D eigenvalue weighted by atomic mass is 79.9. The van der Waals surface area contributed by atoms with Gasteiger partial charge >= 0.3 is 0 Å². The predicted molar refractivity (Wildman–Crippen MR) is 63.2 cm³/mol. The minimum absolute atomic E-state index is 0.156. The van der Waals surface area contributed by atoms with Crippen LogP contribution in [0.25, 0.3) is 0 Å².